The lowest BCUT2D eigenvalue weighted by Crippen LogP contribution is -2.30. The molecule has 1 saturated heterocycles. The first-order valence-corrected chi connectivity index (χ1v) is 2.28. The average molecular weight is 87.1 g/mol. The molecule has 1 fully saturated rings. The van der Waals surface area contributed by atoms with Gasteiger partial charge < -0.3 is 5.32 Å². The molecule has 2 heteroatoms. The first-order valence-electron chi connectivity index (χ1n) is 2.28. The molecule has 1 N–H and O–H groups in total. The standard InChI is InChI=1S/C4H9NO/c1-3-6-4-2-5-1/h5H,1-4H2/q+1. The van der Waals surface area contributed by atoms with Crippen molar-refractivity contribution >= 4 is 0 Å². The second-order valence-electron chi connectivity index (χ2n) is 1.36. The normalized spacial score (nSPS) is 24.0. The van der Waals surface area contributed by atoms with E-state index in [-0.39, 0.29) is 0 Å². The first kappa shape index (κ1) is 4.09. The van der Waals surface area contributed by atoms with Gasteiger partial charge in [-0.25, -0.2) is 0 Å². The summed E-state index contributed by atoms with van der Waals surface area (Å²) >= 11 is 0. The smallest absolute Gasteiger partial charge is 0.232 e. The highest BCUT2D eigenvalue weighted by Crippen LogP contribution is 1.76. The number of hydrogen-bond donors (Lipinski definition) is 1. The maximum Gasteiger partial charge on any atom is 0.232 e. The summed E-state index contributed by atoms with van der Waals surface area (Å²) < 4.78 is 5.01. The van der Waals surface area contributed by atoms with Crippen molar-refractivity contribution in [1.29, 1.82) is 0 Å². The quantitative estimate of drug-likeness (QED) is 0.406. The topological polar surface area (TPSA) is 23.3 Å². The van der Waals surface area contributed by atoms with Gasteiger partial charge in [0.2, 0.25) is 13.2 Å². The van der Waals surface area contributed by atoms with Crippen molar-refractivity contribution in [3.05, 3.63) is 0 Å². The molecule has 2 nitrogen and oxygen atoms in total. The van der Waals surface area contributed by atoms with Crippen LogP contribution in [0.1, 0.15) is 0 Å². The molecule has 0 amide bonds. The lowest BCUT2D eigenvalue weighted by atomic mass is 10.5. The predicted molar refractivity (Wildman–Crippen MR) is 23.7 cm³/mol. The first-order chi connectivity index (χ1) is 3.00. The van der Waals surface area contributed by atoms with E-state index in [0.29, 0.717) is 0 Å². The van der Waals surface area contributed by atoms with E-state index in [9.17, 15) is 0 Å². The Morgan fingerprint density at radius 1 is 1.17 bits per heavy atom. The third-order valence-electron chi connectivity index (χ3n) is 0.846. The van der Waals surface area contributed by atoms with Gasteiger partial charge in [0.15, 0.2) is 0 Å². The van der Waals surface area contributed by atoms with Crippen LogP contribution >= 0.6 is 0 Å². The lowest BCUT2D eigenvalue weighted by Gasteiger charge is -1.99. The summed E-state index contributed by atoms with van der Waals surface area (Å²) in [6.45, 7) is 3.83. The number of hydrogen-bond acceptors (Lipinski definition) is 2. The maximum absolute atomic E-state index is 5.01. The van der Waals surface area contributed by atoms with Gasteiger partial charge in [0, 0.05) is 0 Å². The molecule has 1 aliphatic rings. The number of nitrogens with one attached hydrogen (secondary N) is 1. The molecule has 1 radical (unpaired) electrons. The van der Waals surface area contributed by atoms with Crippen LogP contribution in [0, 0.1) is 0 Å². The van der Waals surface area contributed by atoms with Gasteiger partial charge in [0.1, 0.15) is 0 Å². The Kier molecular flexibility index (Phi) is 1.47. The molecule has 0 aromatic carbocycles. The number of ether oxygens (including phenoxy) is 1. The van der Waals surface area contributed by atoms with Crippen LogP contribution in [0.2, 0.25) is 0 Å². The molecule has 0 saturated carbocycles. The van der Waals surface area contributed by atoms with Gasteiger partial charge in [-0.1, -0.05) is 0 Å². The van der Waals surface area contributed by atoms with E-state index in [1.807, 2.05) is 0 Å². The average Bonchev–Trinajstić information content (AvgIpc) is 1.72. The van der Waals surface area contributed by atoms with Crippen LogP contribution in [0.25, 0.3) is 0 Å². The third kappa shape index (κ3) is 0.954. The molecular formula is C4H9NO+. The molecule has 0 aromatic rings. The molecule has 0 unspecified atom stereocenters. The number of morpholine rings is 1. The molecule has 0 aliphatic carbocycles. The Hall–Kier alpha value is -0.0800. The van der Waals surface area contributed by atoms with Crippen molar-refractivity contribution < 1.29 is 4.74 Å². The Morgan fingerprint density at radius 2 is 1.83 bits per heavy atom. The molecule has 1 rings (SSSR count). The fraction of sp³-hybridized carbons (Fsp3) is 1.00. The number of rotatable bonds is 0. The third-order valence-corrected chi connectivity index (χ3v) is 0.846. The summed E-state index contributed by atoms with van der Waals surface area (Å²) in [5.74, 6) is 0. The van der Waals surface area contributed by atoms with Gasteiger partial charge in [-0.2, -0.15) is 0 Å². The highest BCUT2D eigenvalue weighted by molar-refractivity contribution is 4.49. The van der Waals surface area contributed by atoms with Gasteiger partial charge in [-0.15, -0.1) is 4.74 Å². The molecular weight excluding hydrogens is 78.0 g/mol. The van der Waals surface area contributed by atoms with Gasteiger partial charge in [-0.3, -0.25) is 0 Å². The van der Waals surface area contributed by atoms with E-state index >= 15 is 0 Å². The van der Waals surface area contributed by atoms with Crippen LogP contribution in [0.3, 0.4) is 0 Å². The summed E-state index contributed by atoms with van der Waals surface area (Å²) in [6, 6.07) is 0. The van der Waals surface area contributed by atoms with Crippen molar-refractivity contribution in [2.75, 3.05) is 26.3 Å². The van der Waals surface area contributed by atoms with Crippen molar-refractivity contribution in [1.82, 2.24) is 5.32 Å². The van der Waals surface area contributed by atoms with E-state index in [0.717, 1.165) is 26.3 Å². The van der Waals surface area contributed by atoms with Gasteiger partial charge in [0.25, 0.3) is 0 Å². The van der Waals surface area contributed by atoms with Crippen LogP contribution in [0.4, 0.5) is 0 Å². The molecule has 0 atom stereocenters. The zero-order valence-electron chi connectivity index (χ0n) is 3.74. The Morgan fingerprint density at radius 3 is 2.00 bits per heavy atom. The van der Waals surface area contributed by atoms with Crippen molar-refractivity contribution in [3.8, 4) is 0 Å². The zero-order chi connectivity index (χ0) is 4.24. The van der Waals surface area contributed by atoms with E-state index in [2.05, 4.69) is 5.32 Å². The highest BCUT2D eigenvalue weighted by Gasteiger charge is 2.05. The molecule has 35 valence electrons. The van der Waals surface area contributed by atoms with Crippen LogP contribution < -0.4 is 5.32 Å². The van der Waals surface area contributed by atoms with Crippen molar-refractivity contribution in [3.63, 3.8) is 0 Å². The van der Waals surface area contributed by atoms with Crippen LogP contribution in [0.15, 0.2) is 0 Å². The predicted octanol–water partition coefficient (Wildman–Crippen LogP) is -0.394. The summed E-state index contributed by atoms with van der Waals surface area (Å²) in [5, 5.41) is 3.16. The monoisotopic (exact) mass is 87.1 g/mol. The summed E-state index contributed by atoms with van der Waals surface area (Å²) in [5.41, 5.74) is 0. The van der Waals surface area contributed by atoms with Gasteiger partial charge in [-0.05, 0) is 0 Å². The van der Waals surface area contributed by atoms with Crippen molar-refractivity contribution in [2.45, 2.75) is 0 Å². The van der Waals surface area contributed by atoms with Crippen LogP contribution in [-0.2, 0) is 4.74 Å². The molecule has 0 bridgehead atoms. The summed E-state index contributed by atoms with van der Waals surface area (Å²) in [4.78, 5) is 0. The Bertz CT molecular complexity index is 23.0. The maximum atomic E-state index is 5.01. The van der Waals surface area contributed by atoms with E-state index in [1.165, 1.54) is 0 Å². The van der Waals surface area contributed by atoms with E-state index in [4.69, 9.17) is 4.74 Å². The van der Waals surface area contributed by atoms with Crippen molar-refractivity contribution in [2.24, 2.45) is 0 Å². The Balaban J connectivity index is 2.00. The minimum Gasteiger partial charge on any atom is -0.302 e. The van der Waals surface area contributed by atoms with Gasteiger partial charge in [0.05, 0.1) is 13.1 Å². The second-order valence-corrected chi connectivity index (χ2v) is 1.36. The largest absolute Gasteiger partial charge is 0.302 e. The molecule has 6 heavy (non-hydrogen) atoms. The Labute approximate surface area is 37.5 Å². The highest BCUT2D eigenvalue weighted by atomic mass is 16.5. The molecule has 1 aliphatic heterocycles. The zero-order valence-corrected chi connectivity index (χ0v) is 3.74. The minimum absolute atomic E-state index is 0.889. The second kappa shape index (κ2) is 2.16. The molecule has 1 heterocycles. The van der Waals surface area contributed by atoms with Crippen LogP contribution in [0.5, 0.6) is 0 Å². The fourth-order valence-corrected chi connectivity index (χ4v) is 0.516. The van der Waals surface area contributed by atoms with E-state index < -0.39 is 0 Å². The van der Waals surface area contributed by atoms with Crippen LogP contribution in [-0.4, -0.2) is 26.3 Å². The minimum atomic E-state index is 0.889. The lowest BCUT2D eigenvalue weighted by molar-refractivity contribution is 0.109. The van der Waals surface area contributed by atoms with Gasteiger partial charge >= 0.3 is 0 Å². The SMILES string of the molecule is C1C[O+]CCN1. The van der Waals surface area contributed by atoms with E-state index in [1.54, 1.807) is 0 Å². The summed E-state index contributed by atoms with van der Waals surface area (Å²) in [7, 11) is 0. The fourth-order valence-electron chi connectivity index (χ4n) is 0.516. The molecule has 0 spiro atoms. The summed E-state index contributed by atoms with van der Waals surface area (Å²) in [6.07, 6.45) is 0. The molecule has 0 aromatic heterocycles.